The second-order valence-corrected chi connectivity index (χ2v) is 4.79. The molecule has 0 N–H and O–H groups in total. The summed E-state index contributed by atoms with van der Waals surface area (Å²) in [5.41, 5.74) is 1.03. The largest absolute Gasteiger partial charge is 0.497 e. The summed E-state index contributed by atoms with van der Waals surface area (Å²) in [5, 5.41) is 0. The van der Waals surface area contributed by atoms with Gasteiger partial charge in [-0.25, -0.2) is 4.98 Å². The Labute approximate surface area is 135 Å². The number of rotatable bonds is 4. The van der Waals surface area contributed by atoms with Crippen molar-refractivity contribution < 1.29 is 13.9 Å². The summed E-state index contributed by atoms with van der Waals surface area (Å²) in [6.07, 6.45) is 1.33. The number of benzene rings is 1. The number of carbonyl (C=O) groups excluding carboxylic acids is 1. The summed E-state index contributed by atoms with van der Waals surface area (Å²) < 4.78 is 18.1. The van der Waals surface area contributed by atoms with Crippen molar-refractivity contribution in [2.24, 2.45) is 0 Å². The number of methoxy groups -OCH3 is 1. The fourth-order valence-electron chi connectivity index (χ4n) is 1.65. The first-order chi connectivity index (χ1) is 9.11. The lowest BCUT2D eigenvalue weighted by Crippen LogP contribution is -2.07. The van der Waals surface area contributed by atoms with Crippen LogP contribution in [0.25, 0.3) is 0 Å². The Morgan fingerprint density at radius 2 is 2.10 bits per heavy atom. The third-order valence-corrected chi connectivity index (χ3v) is 3.57. The van der Waals surface area contributed by atoms with E-state index in [9.17, 15) is 9.18 Å². The van der Waals surface area contributed by atoms with Crippen LogP contribution in [0.15, 0.2) is 42.6 Å². The monoisotopic (exact) mass is 403 g/mol. The first-order valence-corrected chi connectivity index (χ1v) is 6.47. The Morgan fingerprint density at radius 1 is 1.35 bits per heavy atom. The van der Waals surface area contributed by atoms with Crippen molar-refractivity contribution in [3.8, 4) is 5.75 Å². The van der Waals surface area contributed by atoms with Crippen molar-refractivity contribution in [2.45, 2.75) is 4.83 Å². The van der Waals surface area contributed by atoms with Gasteiger partial charge in [0.05, 0.1) is 7.11 Å². The maximum atomic E-state index is 13.0. The fourth-order valence-corrected chi connectivity index (χ4v) is 2.20. The molecule has 1 heterocycles. The third kappa shape index (κ3) is 3.86. The highest BCUT2D eigenvalue weighted by Crippen LogP contribution is 2.28. The normalized spacial score (nSPS) is 11.3. The zero-order chi connectivity index (χ0) is 13.8. The van der Waals surface area contributed by atoms with E-state index in [1.165, 1.54) is 19.4 Å². The number of pyridine rings is 1. The van der Waals surface area contributed by atoms with Gasteiger partial charge in [0.1, 0.15) is 10.6 Å². The zero-order valence-electron chi connectivity index (χ0n) is 10.5. The van der Waals surface area contributed by atoms with Gasteiger partial charge in [-0.05, 0) is 29.8 Å². The van der Waals surface area contributed by atoms with Crippen molar-refractivity contribution in [1.82, 2.24) is 4.98 Å². The zero-order valence-corrected chi connectivity index (χ0v) is 13.8. The molecule has 1 aromatic carbocycles. The maximum absolute atomic E-state index is 13.0. The average molecular weight is 405 g/mol. The standard InChI is InChI=1S/C14H11BrFNO2.BrH/c1-19-11-4-2-3-10(7-11)14(18)13(15)9-5-6-17-12(16)8-9;/h2-8,13H,1H3;1H. The number of Topliss-reactive ketones (excluding diaryl/α,β-unsaturated/α-hetero) is 1. The summed E-state index contributed by atoms with van der Waals surface area (Å²) in [6.45, 7) is 0. The quantitative estimate of drug-likeness (QED) is 0.437. The van der Waals surface area contributed by atoms with Crippen LogP contribution in [-0.4, -0.2) is 17.9 Å². The predicted octanol–water partition coefficient (Wildman–Crippen LogP) is 4.13. The molecule has 0 saturated carbocycles. The molecule has 6 heteroatoms. The van der Waals surface area contributed by atoms with Crippen molar-refractivity contribution in [3.63, 3.8) is 0 Å². The van der Waals surface area contributed by atoms with Gasteiger partial charge in [0.25, 0.3) is 0 Å². The second-order valence-electron chi connectivity index (χ2n) is 3.87. The second kappa shape index (κ2) is 7.50. The number of ether oxygens (including phenoxy) is 1. The molecule has 0 fully saturated rings. The van der Waals surface area contributed by atoms with E-state index in [1.807, 2.05) is 0 Å². The van der Waals surface area contributed by atoms with Gasteiger partial charge in [-0.3, -0.25) is 4.79 Å². The van der Waals surface area contributed by atoms with Crippen LogP contribution in [0.5, 0.6) is 5.75 Å². The smallest absolute Gasteiger partial charge is 0.213 e. The Morgan fingerprint density at radius 3 is 2.75 bits per heavy atom. The lowest BCUT2D eigenvalue weighted by atomic mass is 10.0. The molecule has 1 atom stereocenters. The first kappa shape index (κ1) is 16.8. The van der Waals surface area contributed by atoms with Crippen LogP contribution in [0.4, 0.5) is 4.39 Å². The van der Waals surface area contributed by atoms with Gasteiger partial charge in [-0.15, -0.1) is 17.0 Å². The van der Waals surface area contributed by atoms with Crippen LogP contribution in [-0.2, 0) is 0 Å². The summed E-state index contributed by atoms with van der Waals surface area (Å²) >= 11 is 3.28. The van der Waals surface area contributed by atoms with Gasteiger partial charge in [0.15, 0.2) is 5.78 Å². The van der Waals surface area contributed by atoms with E-state index in [2.05, 4.69) is 20.9 Å². The van der Waals surface area contributed by atoms with E-state index in [4.69, 9.17) is 4.74 Å². The number of aromatic nitrogens is 1. The van der Waals surface area contributed by atoms with Crippen molar-refractivity contribution in [3.05, 3.63) is 59.7 Å². The molecule has 2 aromatic rings. The molecule has 0 amide bonds. The highest BCUT2D eigenvalue weighted by molar-refractivity contribution is 9.09. The SMILES string of the molecule is Br.COc1cccc(C(=O)C(Br)c2ccnc(F)c2)c1. The molecule has 3 nitrogen and oxygen atoms in total. The van der Waals surface area contributed by atoms with Crippen LogP contribution in [0.1, 0.15) is 20.7 Å². The average Bonchev–Trinajstić information content (AvgIpc) is 2.45. The number of alkyl halides is 1. The molecule has 0 aliphatic rings. The van der Waals surface area contributed by atoms with E-state index in [0.29, 0.717) is 16.9 Å². The Kier molecular flexibility index (Phi) is 6.29. The number of hydrogen-bond donors (Lipinski definition) is 0. The number of ketones is 1. The lowest BCUT2D eigenvalue weighted by molar-refractivity contribution is 0.0991. The van der Waals surface area contributed by atoms with Crippen LogP contribution in [0.2, 0.25) is 0 Å². The number of nitrogens with zero attached hydrogens (tertiary/aromatic N) is 1. The molecule has 0 aliphatic heterocycles. The van der Waals surface area contributed by atoms with E-state index in [-0.39, 0.29) is 22.8 Å². The van der Waals surface area contributed by atoms with Crippen molar-refractivity contribution in [2.75, 3.05) is 7.11 Å². The minimum Gasteiger partial charge on any atom is -0.497 e. The van der Waals surface area contributed by atoms with E-state index in [0.717, 1.165) is 0 Å². The molecule has 106 valence electrons. The van der Waals surface area contributed by atoms with Gasteiger partial charge in [-0.1, -0.05) is 28.1 Å². The van der Waals surface area contributed by atoms with Crippen LogP contribution >= 0.6 is 32.9 Å². The van der Waals surface area contributed by atoms with Gasteiger partial charge < -0.3 is 4.74 Å². The van der Waals surface area contributed by atoms with E-state index < -0.39 is 10.8 Å². The molecular formula is C14H12Br2FNO2. The van der Waals surface area contributed by atoms with Crippen LogP contribution in [0, 0.1) is 5.95 Å². The number of hydrogen-bond acceptors (Lipinski definition) is 3. The predicted molar refractivity (Wildman–Crippen MR) is 83.5 cm³/mol. The molecular weight excluding hydrogens is 393 g/mol. The van der Waals surface area contributed by atoms with Crippen LogP contribution in [0.3, 0.4) is 0 Å². The molecule has 0 bridgehead atoms. The van der Waals surface area contributed by atoms with Crippen molar-refractivity contribution in [1.29, 1.82) is 0 Å². The van der Waals surface area contributed by atoms with E-state index in [1.54, 1.807) is 30.3 Å². The Balaban J connectivity index is 0.00000200. The minimum absolute atomic E-state index is 0. The molecule has 1 aromatic heterocycles. The Bertz CT molecular complexity index is 607. The summed E-state index contributed by atoms with van der Waals surface area (Å²) in [5.74, 6) is -0.170. The lowest BCUT2D eigenvalue weighted by Gasteiger charge is -2.10. The van der Waals surface area contributed by atoms with Gasteiger partial charge in [-0.2, -0.15) is 4.39 Å². The molecule has 20 heavy (non-hydrogen) atoms. The molecule has 0 spiro atoms. The molecule has 1 unspecified atom stereocenters. The number of carbonyl (C=O) groups is 1. The van der Waals surface area contributed by atoms with Crippen molar-refractivity contribution >= 4 is 38.7 Å². The van der Waals surface area contributed by atoms with Crippen LogP contribution < -0.4 is 4.74 Å². The number of halogens is 3. The summed E-state index contributed by atoms with van der Waals surface area (Å²) in [6, 6.07) is 9.66. The third-order valence-electron chi connectivity index (χ3n) is 2.63. The highest BCUT2D eigenvalue weighted by atomic mass is 79.9. The fraction of sp³-hybridized carbons (Fsp3) is 0.143. The minimum atomic E-state index is -0.614. The summed E-state index contributed by atoms with van der Waals surface area (Å²) in [4.78, 5) is 15.1. The molecule has 0 saturated heterocycles. The van der Waals surface area contributed by atoms with E-state index >= 15 is 0 Å². The summed E-state index contributed by atoms with van der Waals surface area (Å²) in [7, 11) is 1.54. The maximum Gasteiger partial charge on any atom is 0.213 e. The van der Waals surface area contributed by atoms with Gasteiger partial charge >= 0.3 is 0 Å². The van der Waals surface area contributed by atoms with Gasteiger partial charge in [0.2, 0.25) is 5.95 Å². The first-order valence-electron chi connectivity index (χ1n) is 5.55. The molecule has 0 radical (unpaired) electrons. The highest BCUT2D eigenvalue weighted by Gasteiger charge is 2.20. The molecule has 0 aliphatic carbocycles. The topological polar surface area (TPSA) is 39.2 Å². The molecule has 2 rings (SSSR count). The Hall–Kier alpha value is -1.27. The van der Waals surface area contributed by atoms with Gasteiger partial charge in [0, 0.05) is 11.8 Å².